The van der Waals surface area contributed by atoms with Gasteiger partial charge in [-0.3, -0.25) is 0 Å². The molecular weight excluding hydrogens is 308 g/mol. The van der Waals surface area contributed by atoms with E-state index in [9.17, 15) is 0 Å². The molecule has 0 spiro atoms. The van der Waals surface area contributed by atoms with Crippen LogP contribution in [0.3, 0.4) is 0 Å². The molecule has 0 saturated heterocycles. The van der Waals surface area contributed by atoms with Crippen LogP contribution in [-0.2, 0) is 13.0 Å². The van der Waals surface area contributed by atoms with Gasteiger partial charge in [-0.05, 0) is 38.0 Å². The topological polar surface area (TPSA) is 24.9 Å². The molecule has 0 fully saturated rings. The van der Waals surface area contributed by atoms with Crippen LogP contribution in [0.2, 0.25) is 0 Å². The van der Waals surface area contributed by atoms with Crippen LogP contribution in [-0.4, -0.2) is 11.0 Å². The molecule has 2 rings (SSSR count). The van der Waals surface area contributed by atoms with Crippen molar-refractivity contribution in [1.29, 1.82) is 0 Å². The van der Waals surface area contributed by atoms with Gasteiger partial charge >= 0.3 is 0 Å². The van der Waals surface area contributed by atoms with Gasteiger partial charge in [0.1, 0.15) is 5.01 Å². The summed E-state index contributed by atoms with van der Waals surface area (Å²) in [6.07, 6.45) is 2.97. The van der Waals surface area contributed by atoms with E-state index in [0.717, 1.165) is 22.4 Å². The standard InChI is InChI=1S/C14H17BrN2S/c1-10(7-12-3-5-13(15)6-4-12)16-9-14-17-8-11(2)18-14/h3-6,8,10,16H,7,9H2,1-2H3. The summed E-state index contributed by atoms with van der Waals surface area (Å²) in [5.41, 5.74) is 1.36. The molecule has 1 aromatic carbocycles. The first-order chi connectivity index (χ1) is 8.63. The lowest BCUT2D eigenvalue weighted by molar-refractivity contribution is 0.544. The van der Waals surface area contributed by atoms with Crippen LogP contribution in [0, 0.1) is 6.92 Å². The van der Waals surface area contributed by atoms with Crippen molar-refractivity contribution in [2.75, 3.05) is 0 Å². The SMILES string of the molecule is Cc1cnc(CNC(C)Cc2ccc(Br)cc2)s1. The number of nitrogens with one attached hydrogen (secondary N) is 1. The van der Waals surface area contributed by atoms with Crippen molar-refractivity contribution in [3.63, 3.8) is 0 Å². The van der Waals surface area contributed by atoms with Crippen LogP contribution in [0.1, 0.15) is 22.4 Å². The lowest BCUT2D eigenvalue weighted by Gasteiger charge is -2.12. The Balaban J connectivity index is 1.81. The average molecular weight is 325 g/mol. The molecule has 1 N–H and O–H groups in total. The second kappa shape index (κ2) is 6.45. The number of hydrogen-bond acceptors (Lipinski definition) is 3. The zero-order chi connectivity index (χ0) is 13.0. The van der Waals surface area contributed by atoms with Gasteiger partial charge < -0.3 is 5.32 Å². The number of hydrogen-bond donors (Lipinski definition) is 1. The number of rotatable bonds is 5. The van der Waals surface area contributed by atoms with Crippen LogP contribution in [0.25, 0.3) is 0 Å². The molecule has 0 amide bonds. The van der Waals surface area contributed by atoms with Crippen LogP contribution in [0.5, 0.6) is 0 Å². The summed E-state index contributed by atoms with van der Waals surface area (Å²) >= 11 is 5.21. The summed E-state index contributed by atoms with van der Waals surface area (Å²) in [6, 6.07) is 8.96. The van der Waals surface area contributed by atoms with Gasteiger partial charge in [-0.15, -0.1) is 11.3 Å². The first kappa shape index (κ1) is 13.7. The van der Waals surface area contributed by atoms with Crippen molar-refractivity contribution >= 4 is 27.3 Å². The lowest BCUT2D eigenvalue weighted by Crippen LogP contribution is -2.27. The lowest BCUT2D eigenvalue weighted by atomic mass is 10.1. The van der Waals surface area contributed by atoms with Crippen LogP contribution < -0.4 is 5.32 Å². The highest BCUT2D eigenvalue weighted by atomic mass is 79.9. The predicted octanol–water partition coefficient (Wildman–Crippen LogP) is 3.93. The second-order valence-electron chi connectivity index (χ2n) is 4.48. The predicted molar refractivity (Wildman–Crippen MR) is 81.0 cm³/mol. The minimum Gasteiger partial charge on any atom is -0.308 e. The van der Waals surface area contributed by atoms with E-state index in [1.54, 1.807) is 11.3 Å². The molecule has 96 valence electrons. The summed E-state index contributed by atoms with van der Waals surface area (Å²) in [4.78, 5) is 5.63. The fraction of sp³-hybridized carbons (Fsp3) is 0.357. The Morgan fingerprint density at radius 1 is 1.33 bits per heavy atom. The Kier molecular flexibility index (Phi) is 4.92. The van der Waals surface area contributed by atoms with Crippen molar-refractivity contribution in [3.8, 4) is 0 Å². The summed E-state index contributed by atoms with van der Waals surface area (Å²) in [6.45, 7) is 5.16. The Bertz CT molecular complexity index is 493. The van der Waals surface area contributed by atoms with E-state index in [4.69, 9.17) is 0 Å². The maximum absolute atomic E-state index is 4.36. The third-order valence-corrected chi connectivity index (χ3v) is 4.17. The summed E-state index contributed by atoms with van der Waals surface area (Å²) in [5, 5.41) is 4.67. The zero-order valence-electron chi connectivity index (χ0n) is 10.6. The van der Waals surface area contributed by atoms with Gasteiger partial charge in [-0.25, -0.2) is 4.98 Å². The van der Waals surface area contributed by atoms with Crippen LogP contribution in [0.15, 0.2) is 34.9 Å². The minimum atomic E-state index is 0.454. The van der Waals surface area contributed by atoms with Crippen molar-refractivity contribution in [2.45, 2.75) is 32.9 Å². The van der Waals surface area contributed by atoms with E-state index < -0.39 is 0 Å². The number of aryl methyl sites for hydroxylation is 1. The number of nitrogens with zero attached hydrogens (tertiary/aromatic N) is 1. The minimum absolute atomic E-state index is 0.454. The van der Waals surface area contributed by atoms with E-state index >= 15 is 0 Å². The van der Waals surface area contributed by atoms with E-state index in [1.165, 1.54) is 10.4 Å². The van der Waals surface area contributed by atoms with Crippen molar-refractivity contribution in [2.24, 2.45) is 0 Å². The van der Waals surface area contributed by atoms with E-state index in [1.807, 2.05) is 6.20 Å². The van der Waals surface area contributed by atoms with Gasteiger partial charge in [0.05, 0.1) is 0 Å². The van der Waals surface area contributed by atoms with Gasteiger partial charge in [-0.2, -0.15) is 0 Å². The number of halogens is 1. The summed E-state index contributed by atoms with van der Waals surface area (Å²) in [7, 11) is 0. The first-order valence-corrected chi connectivity index (χ1v) is 7.63. The molecule has 1 aromatic heterocycles. The highest BCUT2D eigenvalue weighted by molar-refractivity contribution is 9.10. The first-order valence-electron chi connectivity index (χ1n) is 6.02. The van der Waals surface area contributed by atoms with Crippen molar-refractivity contribution < 1.29 is 0 Å². The number of benzene rings is 1. The zero-order valence-corrected chi connectivity index (χ0v) is 13.0. The molecule has 0 saturated carbocycles. The molecule has 1 unspecified atom stereocenters. The smallest absolute Gasteiger partial charge is 0.107 e. The molecule has 2 nitrogen and oxygen atoms in total. The molecule has 4 heteroatoms. The van der Waals surface area contributed by atoms with Gasteiger partial charge in [-0.1, -0.05) is 28.1 Å². The molecule has 1 heterocycles. The molecule has 2 aromatic rings. The largest absolute Gasteiger partial charge is 0.308 e. The summed E-state index contributed by atoms with van der Waals surface area (Å²) < 4.78 is 1.13. The molecular formula is C14H17BrN2S. The molecule has 0 aliphatic rings. The second-order valence-corrected chi connectivity index (χ2v) is 6.71. The van der Waals surface area contributed by atoms with Gasteiger partial charge in [0, 0.05) is 28.1 Å². The Morgan fingerprint density at radius 3 is 2.67 bits per heavy atom. The third kappa shape index (κ3) is 4.19. The summed E-state index contributed by atoms with van der Waals surface area (Å²) in [5.74, 6) is 0. The fourth-order valence-electron chi connectivity index (χ4n) is 1.79. The molecule has 0 aliphatic heterocycles. The van der Waals surface area contributed by atoms with Crippen LogP contribution in [0.4, 0.5) is 0 Å². The average Bonchev–Trinajstić information content (AvgIpc) is 2.76. The normalized spacial score (nSPS) is 12.6. The Labute approximate surface area is 121 Å². The monoisotopic (exact) mass is 324 g/mol. The quantitative estimate of drug-likeness (QED) is 0.901. The van der Waals surface area contributed by atoms with Crippen LogP contribution >= 0.6 is 27.3 Å². The molecule has 0 aliphatic carbocycles. The Morgan fingerprint density at radius 2 is 2.06 bits per heavy atom. The van der Waals surface area contributed by atoms with E-state index in [2.05, 4.69) is 64.3 Å². The molecule has 0 radical (unpaired) electrons. The molecule has 1 atom stereocenters. The maximum atomic E-state index is 4.36. The van der Waals surface area contributed by atoms with Crippen molar-refractivity contribution in [3.05, 3.63) is 50.4 Å². The Hall–Kier alpha value is -0.710. The maximum Gasteiger partial charge on any atom is 0.107 e. The van der Waals surface area contributed by atoms with Crippen molar-refractivity contribution in [1.82, 2.24) is 10.3 Å². The van der Waals surface area contributed by atoms with Gasteiger partial charge in [0.25, 0.3) is 0 Å². The van der Waals surface area contributed by atoms with Gasteiger partial charge in [0.2, 0.25) is 0 Å². The highest BCUT2D eigenvalue weighted by Crippen LogP contribution is 2.13. The highest BCUT2D eigenvalue weighted by Gasteiger charge is 2.05. The van der Waals surface area contributed by atoms with E-state index in [0.29, 0.717) is 6.04 Å². The van der Waals surface area contributed by atoms with Gasteiger partial charge in [0.15, 0.2) is 0 Å². The van der Waals surface area contributed by atoms with E-state index in [-0.39, 0.29) is 0 Å². The number of aromatic nitrogens is 1. The molecule has 18 heavy (non-hydrogen) atoms. The molecule has 0 bridgehead atoms. The number of thiazole rings is 1. The fourth-order valence-corrected chi connectivity index (χ4v) is 2.79. The third-order valence-electron chi connectivity index (χ3n) is 2.73.